The minimum absolute atomic E-state index is 0.0103. The van der Waals surface area contributed by atoms with E-state index < -0.39 is 10.8 Å². The predicted molar refractivity (Wildman–Crippen MR) is 146 cm³/mol. The average molecular weight is 523 g/mol. The number of esters is 1. The van der Waals surface area contributed by atoms with E-state index in [0.29, 0.717) is 6.42 Å². The number of nitrogens with zero attached hydrogens (tertiary/aromatic N) is 2. The Hall–Kier alpha value is -2.16. The van der Waals surface area contributed by atoms with Crippen molar-refractivity contribution in [3.63, 3.8) is 0 Å². The molecule has 0 radical (unpaired) electrons. The smallest absolute Gasteiger partial charge is 0.312 e. The van der Waals surface area contributed by atoms with Crippen molar-refractivity contribution in [1.82, 2.24) is 0 Å². The van der Waals surface area contributed by atoms with E-state index in [1.807, 2.05) is 19.9 Å². The molecule has 5 rings (SSSR count). The molecule has 208 valence electrons. The molecule has 0 heterocycles. The Morgan fingerprint density at radius 1 is 1.03 bits per heavy atom. The van der Waals surface area contributed by atoms with Crippen LogP contribution in [0.2, 0.25) is 0 Å². The first-order valence-electron chi connectivity index (χ1n) is 14.5. The number of rotatable bonds is 1. The van der Waals surface area contributed by atoms with Gasteiger partial charge in [0.05, 0.1) is 24.8 Å². The topological polar surface area (TPSA) is 80.3 Å². The Labute approximate surface area is 228 Å². The summed E-state index contributed by atoms with van der Waals surface area (Å²) >= 11 is 0. The fraction of sp³-hybridized carbons (Fsp3) is 0.812. The fourth-order valence-corrected chi connectivity index (χ4v) is 11.0. The maximum absolute atomic E-state index is 13.5. The number of methoxy groups -OCH3 is 1. The SMILES string of the molecule is [C-]#[N+]C1=C[C@]2(C)[C@H]3CC(=NO)[C@@H]4[C@@H]5CC(C)(C)CC[C@]5(C(=O)OC)CC[C@@]4(C)[C@]3(C)CC[C@H]2C(C)(C)C1=O. The second-order valence-corrected chi connectivity index (χ2v) is 15.4. The average Bonchev–Trinajstić information content (AvgIpc) is 2.85. The molecular formula is C32H46N2O4. The van der Waals surface area contributed by atoms with Crippen LogP contribution in [0.15, 0.2) is 16.9 Å². The van der Waals surface area contributed by atoms with Gasteiger partial charge in [0.2, 0.25) is 5.70 Å². The van der Waals surface area contributed by atoms with Gasteiger partial charge in [-0.2, -0.15) is 0 Å². The molecule has 5 aliphatic carbocycles. The van der Waals surface area contributed by atoms with Crippen molar-refractivity contribution in [3.05, 3.63) is 23.2 Å². The lowest BCUT2D eigenvalue weighted by molar-refractivity contribution is -0.207. The number of allylic oxidation sites excluding steroid dienone is 2. The van der Waals surface area contributed by atoms with E-state index in [9.17, 15) is 14.8 Å². The summed E-state index contributed by atoms with van der Waals surface area (Å²) in [5.74, 6) is 0.163. The molecule has 8 atom stereocenters. The van der Waals surface area contributed by atoms with Gasteiger partial charge in [-0.25, -0.2) is 4.85 Å². The summed E-state index contributed by atoms with van der Waals surface area (Å²) in [6, 6.07) is 0. The molecule has 4 saturated carbocycles. The summed E-state index contributed by atoms with van der Waals surface area (Å²) < 4.78 is 5.47. The number of fused-ring (bicyclic) bond motifs is 7. The molecule has 0 unspecified atom stereocenters. The maximum atomic E-state index is 13.5. The van der Waals surface area contributed by atoms with Crippen molar-refractivity contribution in [1.29, 1.82) is 0 Å². The van der Waals surface area contributed by atoms with Crippen LogP contribution in [0.5, 0.6) is 0 Å². The lowest BCUT2D eigenvalue weighted by Gasteiger charge is -2.72. The summed E-state index contributed by atoms with van der Waals surface area (Å²) in [4.78, 5) is 30.5. The zero-order valence-electron chi connectivity index (χ0n) is 24.6. The number of ketones is 1. The normalized spacial score (nSPS) is 47.9. The first-order valence-corrected chi connectivity index (χ1v) is 14.5. The van der Waals surface area contributed by atoms with E-state index in [0.717, 1.165) is 50.7 Å². The first-order chi connectivity index (χ1) is 17.6. The lowest BCUT2D eigenvalue weighted by atomic mass is 9.31. The van der Waals surface area contributed by atoms with Crippen LogP contribution in [0.4, 0.5) is 0 Å². The number of carbonyl (C=O) groups is 2. The molecule has 38 heavy (non-hydrogen) atoms. The highest BCUT2D eigenvalue weighted by atomic mass is 16.5. The van der Waals surface area contributed by atoms with E-state index in [1.54, 1.807) is 0 Å². The number of hydrogen-bond donors (Lipinski definition) is 1. The van der Waals surface area contributed by atoms with Crippen LogP contribution in [0.3, 0.4) is 0 Å². The molecule has 6 nitrogen and oxygen atoms in total. The van der Waals surface area contributed by atoms with Crippen LogP contribution in [0.1, 0.15) is 99.8 Å². The van der Waals surface area contributed by atoms with Gasteiger partial charge in [0.25, 0.3) is 0 Å². The summed E-state index contributed by atoms with van der Waals surface area (Å²) in [5.41, 5.74) is -0.625. The van der Waals surface area contributed by atoms with Gasteiger partial charge in [-0.05, 0) is 90.8 Å². The summed E-state index contributed by atoms with van der Waals surface area (Å²) in [7, 11) is 1.51. The van der Waals surface area contributed by atoms with E-state index in [-0.39, 0.29) is 62.8 Å². The summed E-state index contributed by atoms with van der Waals surface area (Å²) in [5, 5.41) is 14.6. The van der Waals surface area contributed by atoms with Gasteiger partial charge in [0.1, 0.15) is 0 Å². The van der Waals surface area contributed by atoms with Crippen molar-refractivity contribution < 1.29 is 19.5 Å². The van der Waals surface area contributed by atoms with Gasteiger partial charge in [0, 0.05) is 11.3 Å². The van der Waals surface area contributed by atoms with Crippen LogP contribution in [-0.2, 0) is 14.3 Å². The van der Waals surface area contributed by atoms with Gasteiger partial charge in [-0.1, -0.05) is 59.7 Å². The Morgan fingerprint density at radius 3 is 2.29 bits per heavy atom. The summed E-state index contributed by atoms with van der Waals surface area (Å²) in [6.07, 6.45) is 8.91. The van der Waals surface area contributed by atoms with E-state index in [1.165, 1.54) is 7.11 Å². The molecular weight excluding hydrogens is 476 g/mol. The Bertz CT molecular complexity index is 1180. The van der Waals surface area contributed by atoms with Gasteiger partial charge < -0.3 is 14.7 Å². The highest BCUT2D eigenvalue weighted by Gasteiger charge is 2.72. The van der Waals surface area contributed by atoms with Crippen LogP contribution < -0.4 is 0 Å². The lowest BCUT2D eigenvalue weighted by Crippen LogP contribution is -2.69. The van der Waals surface area contributed by atoms with Crippen molar-refractivity contribution in [2.24, 2.45) is 61.3 Å². The van der Waals surface area contributed by atoms with Crippen LogP contribution in [0, 0.1) is 62.7 Å². The van der Waals surface area contributed by atoms with Crippen LogP contribution in [-0.4, -0.2) is 29.8 Å². The maximum Gasteiger partial charge on any atom is 0.312 e. The summed E-state index contributed by atoms with van der Waals surface area (Å²) in [6.45, 7) is 23.5. The monoisotopic (exact) mass is 522 g/mol. The van der Waals surface area contributed by atoms with Crippen molar-refractivity contribution in [2.45, 2.75) is 99.8 Å². The Balaban J connectivity index is 1.68. The number of ether oxygens (including phenoxy) is 1. The van der Waals surface area contributed by atoms with Gasteiger partial charge in [-0.15, -0.1) is 0 Å². The second-order valence-electron chi connectivity index (χ2n) is 15.4. The quantitative estimate of drug-likeness (QED) is 0.173. The molecule has 0 aromatic heterocycles. The predicted octanol–water partition coefficient (Wildman–Crippen LogP) is 7.07. The zero-order chi connectivity index (χ0) is 28.1. The van der Waals surface area contributed by atoms with Gasteiger partial charge in [-0.3, -0.25) is 4.79 Å². The first kappa shape index (κ1) is 27.4. The fourth-order valence-electron chi connectivity index (χ4n) is 11.0. The Morgan fingerprint density at radius 2 is 1.68 bits per heavy atom. The number of Topliss-reactive ketones (excluding diaryl/α,β-unsaturated/α-hetero) is 1. The molecule has 4 fully saturated rings. The van der Waals surface area contributed by atoms with Crippen molar-refractivity contribution >= 4 is 17.5 Å². The third-order valence-electron chi connectivity index (χ3n) is 13.2. The minimum Gasteiger partial charge on any atom is -0.469 e. The molecule has 0 amide bonds. The number of hydrogen-bond acceptors (Lipinski definition) is 5. The molecule has 0 saturated heterocycles. The molecule has 0 aliphatic heterocycles. The third kappa shape index (κ3) is 3.20. The highest BCUT2D eigenvalue weighted by molar-refractivity contribution is 6.02. The van der Waals surface area contributed by atoms with E-state index >= 15 is 0 Å². The molecule has 0 spiro atoms. The molecule has 5 aliphatic rings. The van der Waals surface area contributed by atoms with E-state index in [4.69, 9.17) is 11.3 Å². The zero-order valence-corrected chi connectivity index (χ0v) is 24.6. The van der Waals surface area contributed by atoms with Crippen LogP contribution in [0.25, 0.3) is 4.85 Å². The molecule has 0 aromatic carbocycles. The second kappa shape index (κ2) is 8.18. The minimum atomic E-state index is -0.612. The van der Waals surface area contributed by atoms with Gasteiger partial charge in [0.15, 0.2) is 5.78 Å². The molecule has 1 N–H and O–H groups in total. The largest absolute Gasteiger partial charge is 0.469 e. The van der Waals surface area contributed by atoms with Crippen molar-refractivity contribution in [2.75, 3.05) is 7.11 Å². The Kier molecular flexibility index (Phi) is 5.90. The third-order valence-corrected chi connectivity index (χ3v) is 13.2. The van der Waals surface area contributed by atoms with Crippen LogP contribution >= 0.6 is 0 Å². The molecule has 6 heteroatoms. The molecule has 0 bridgehead atoms. The number of carbonyl (C=O) groups excluding carboxylic acids is 2. The van der Waals surface area contributed by atoms with Crippen molar-refractivity contribution in [3.8, 4) is 0 Å². The number of oxime groups is 1. The van der Waals surface area contributed by atoms with E-state index in [2.05, 4.69) is 44.6 Å². The van der Waals surface area contributed by atoms with Gasteiger partial charge >= 0.3 is 5.97 Å². The molecule has 0 aromatic rings. The standard InChI is InChI=1S/C32H46N2O4/c1-27(2)12-14-32(26(36)38-9)15-13-31(7)24(19(32)17-27)20(34-37)16-23-29(5)18-21(33-8)25(35)28(3,4)22(29)10-11-30(23,31)6/h18-19,22-24,37H,10-17H2,1-7,9H3/t19-,22-,23+,24-,29-,30+,31+,32-/m0/s1. The highest BCUT2D eigenvalue weighted by Crippen LogP contribution is 2.76.